The van der Waals surface area contributed by atoms with Crippen LogP contribution < -0.4 is 5.73 Å². The maximum Gasteiger partial charge on any atom is 0.254 e. The summed E-state index contributed by atoms with van der Waals surface area (Å²) in [6.07, 6.45) is 1.24. The lowest BCUT2D eigenvalue weighted by atomic mass is 10.0. The molecule has 1 fully saturated rings. The third-order valence-electron chi connectivity index (χ3n) is 3.36. The maximum atomic E-state index is 12.5. The average Bonchev–Trinajstić information content (AvgIpc) is 2.46. The van der Waals surface area contributed by atoms with Crippen molar-refractivity contribution in [2.75, 3.05) is 26.2 Å². The number of nitrogens with zero attached hydrogens (tertiary/aromatic N) is 2. The van der Waals surface area contributed by atoms with Gasteiger partial charge in [-0.3, -0.25) is 9.59 Å². The van der Waals surface area contributed by atoms with Gasteiger partial charge in [-0.1, -0.05) is 30.4 Å². The highest BCUT2D eigenvalue weighted by atomic mass is 32.1. The Morgan fingerprint density at radius 2 is 1.90 bits per heavy atom. The third kappa shape index (κ3) is 3.33. The predicted octanol–water partition coefficient (Wildman–Crippen LogP) is 0.429. The molecule has 1 aliphatic rings. The lowest BCUT2D eigenvalue weighted by molar-refractivity contribution is -0.119. The first-order valence-corrected chi connectivity index (χ1v) is 6.87. The monoisotopic (exact) mass is 291 g/mol. The Kier molecular flexibility index (Phi) is 4.68. The van der Waals surface area contributed by atoms with Crippen molar-refractivity contribution in [3.63, 3.8) is 0 Å². The van der Waals surface area contributed by atoms with E-state index in [4.69, 9.17) is 18.0 Å². The number of hydrogen-bond donors (Lipinski definition) is 1. The second-order valence-corrected chi connectivity index (χ2v) is 5.26. The Hall–Kier alpha value is -1.95. The molecule has 1 aromatic carbocycles. The largest absolute Gasteiger partial charge is 0.393 e. The molecule has 2 amide bonds. The first-order chi connectivity index (χ1) is 9.61. The van der Waals surface area contributed by atoms with Crippen molar-refractivity contribution in [2.45, 2.75) is 6.42 Å². The molecule has 0 aromatic heterocycles. The fraction of sp³-hybridized carbons (Fsp3) is 0.357. The van der Waals surface area contributed by atoms with Crippen LogP contribution in [0.5, 0.6) is 0 Å². The Balaban J connectivity index is 2.13. The molecule has 2 rings (SSSR count). The summed E-state index contributed by atoms with van der Waals surface area (Å²) in [5.74, 6) is -0.0256. The molecule has 0 bridgehead atoms. The molecule has 1 heterocycles. The molecule has 0 aliphatic carbocycles. The topological polar surface area (TPSA) is 66.6 Å². The van der Waals surface area contributed by atoms with Crippen LogP contribution in [0, 0.1) is 0 Å². The highest BCUT2D eigenvalue weighted by Crippen LogP contribution is 2.14. The molecule has 106 valence electrons. The van der Waals surface area contributed by atoms with Crippen LogP contribution in [0.3, 0.4) is 0 Å². The zero-order valence-electron chi connectivity index (χ0n) is 11.1. The van der Waals surface area contributed by atoms with Crippen molar-refractivity contribution in [3.05, 3.63) is 35.4 Å². The van der Waals surface area contributed by atoms with Gasteiger partial charge in [-0.25, -0.2) is 0 Å². The van der Waals surface area contributed by atoms with Crippen LogP contribution in [0.15, 0.2) is 24.3 Å². The van der Waals surface area contributed by atoms with Gasteiger partial charge in [-0.15, -0.1) is 0 Å². The number of benzene rings is 1. The number of thiocarbonyl (C=S) groups is 1. The molecule has 20 heavy (non-hydrogen) atoms. The highest BCUT2D eigenvalue weighted by molar-refractivity contribution is 7.80. The van der Waals surface area contributed by atoms with Crippen molar-refractivity contribution >= 4 is 29.5 Å². The molecular formula is C14H17N3O2S. The zero-order valence-corrected chi connectivity index (χ0v) is 11.9. The Morgan fingerprint density at radius 3 is 2.50 bits per heavy atom. The van der Waals surface area contributed by atoms with E-state index < -0.39 is 0 Å². The molecule has 1 aliphatic heterocycles. The summed E-state index contributed by atoms with van der Waals surface area (Å²) in [5, 5.41) is 0. The minimum Gasteiger partial charge on any atom is -0.393 e. The summed E-state index contributed by atoms with van der Waals surface area (Å²) in [6, 6.07) is 7.36. The minimum absolute atomic E-state index is 0.0256. The van der Waals surface area contributed by atoms with Crippen molar-refractivity contribution in [2.24, 2.45) is 5.73 Å². The molecule has 0 spiro atoms. The number of piperazine rings is 1. The van der Waals surface area contributed by atoms with Gasteiger partial charge >= 0.3 is 0 Å². The van der Waals surface area contributed by atoms with E-state index in [1.165, 1.54) is 0 Å². The first-order valence-electron chi connectivity index (χ1n) is 6.46. The van der Waals surface area contributed by atoms with Gasteiger partial charge in [0.2, 0.25) is 6.41 Å². The number of hydrogen-bond acceptors (Lipinski definition) is 3. The molecule has 1 saturated heterocycles. The quantitative estimate of drug-likeness (QED) is 0.645. The van der Waals surface area contributed by atoms with E-state index in [9.17, 15) is 9.59 Å². The SMILES string of the molecule is NC(=S)Cc1ccccc1C(=O)N1CCN(C=O)CC1. The van der Waals surface area contributed by atoms with Gasteiger partial charge in [0.25, 0.3) is 5.91 Å². The van der Waals surface area contributed by atoms with Crippen LogP contribution in [0.2, 0.25) is 0 Å². The van der Waals surface area contributed by atoms with Crippen molar-refractivity contribution in [1.29, 1.82) is 0 Å². The van der Waals surface area contributed by atoms with Gasteiger partial charge in [0, 0.05) is 38.2 Å². The van der Waals surface area contributed by atoms with Gasteiger partial charge in [-0.05, 0) is 11.6 Å². The van der Waals surface area contributed by atoms with Crippen LogP contribution in [0.1, 0.15) is 15.9 Å². The number of nitrogens with two attached hydrogens (primary N) is 1. The van der Waals surface area contributed by atoms with Gasteiger partial charge in [0.1, 0.15) is 0 Å². The van der Waals surface area contributed by atoms with Crippen LogP contribution >= 0.6 is 12.2 Å². The fourth-order valence-corrected chi connectivity index (χ4v) is 2.43. The normalized spacial score (nSPS) is 15.0. The van der Waals surface area contributed by atoms with Gasteiger partial charge < -0.3 is 15.5 Å². The van der Waals surface area contributed by atoms with Crippen LogP contribution in [-0.2, 0) is 11.2 Å². The first kappa shape index (κ1) is 14.5. The van der Waals surface area contributed by atoms with E-state index in [1.807, 2.05) is 18.2 Å². The van der Waals surface area contributed by atoms with Gasteiger partial charge in [-0.2, -0.15) is 0 Å². The smallest absolute Gasteiger partial charge is 0.254 e. The predicted molar refractivity (Wildman–Crippen MR) is 80.5 cm³/mol. The highest BCUT2D eigenvalue weighted by Gasteiger charge is 2.22. The number of carbonyl (C=O) groups excluding carboxylic acids is 2. The average molecular weight is 291 g/mol. The standard InChI is InChI=1S/C14H17N3O2S/c15-13(20)9-11-3-1-2-4-12(11)14(19)17-7-5-16(10-18)6-8-17/h1-4,10H,5-9H2,(H2,15,20). The molecule has 0 saturated carbocycles. The molecule has 0 radical (unpaired) electrons. The number of amides is 2. The fourth-order valence-electron chi connectivity index (χ4n) is 2.27. The van der Waals surface area contributed by atoms with Crippen LogP contribution in [0.25, 0.3) is 0 Å². The molecular weight excluding hydrogens is 274 g/mol. The van der Waals surface area contributed by atoms with E-state index in [-0.39, 0.29) is 5.91 Å². The molecule has 0 atom stereocenters. The van der Waals surface area contributed by atoms with E-state index in [0.29, 0.717) is 43.2 Å². The van der Waals surface area contributed by atoms with E-state index in [0.717, 1.165) is 12.0 Å². The molecule has 1 aromatic rings. The summed E-state index contributed by atoms with van der Waals surface area (Å²) in [6.45, 7) is 2.26. The molecule has 2 N–H and O–H groups in total. The van der Waals surface area contributed by atoms with Crippen LogP contribution in [0.4, 0.5) is 0 Å². The Morgan fingerprint density at radius 1 is 1.25 bits per heavy atom. The van der Waals surface area contributed by atoms with E-state index in [2.05, 4.69) is 0 Å². The summed E-state index contributed by atoms with van der Waals surface area (Å²) < 4.78 is 0. The molecule has 0 unspecified atom stereocenters. The molecule has 5 nitrogen and oxygen atoms in total. The second kappa shape index (κ2) is 6.47. The third-order valence-corrected chi connectivity index (χ3v) is 3.51. The van der Waals surface area contributed by atoms with E-state index in [1.54, 1.807) is 15.9 Å². The van der Waals surface area contributed by atoms with E-state index >= 15 is 0 Å². The Bertz CT molecular complexity index is 525. The van der Waals surface area contributed by atoms with Crippen molar-refractivity contribution in [1.82, 2.24) is 9.80 Å². The maximum absolute atomic E-state index is 12.5. The number of rotatable bonds is 4. The van der Waals surface area contributed by atoms with Crippen molar-refractivity contribution in [3.8, 4) is 0 Å². The van der Waals surface area contributed by atoms with Gasteiger partial charge in [0.05, 0.1) is 4.99 Å². The number of carbonyl (C=O) groups is 2. The summed E-state index contributed by atoms with van der Waals surface area (Å²) in [4.78, 5) is 27.0. The van der Waals surface area contributed by atoms with Crippen LogP contribution in [-0.4, -0.2) is 53.3 Å². The molecule has 6 heteroatoms. The summed E-state index contributed by atoms with van der Waals surface area (Å²) in [7, 11) is 0. The van der Waals surface area contributed by atoms with Crippen molar-refractivity contribution < 1.29 is 9.59 Å². The van der Waals surface area contributed by atoms with Gasteiger partial charge in [0.15, 0.2) is 0 Å². The lowest BCUT2D eigenvalue weighted by Crippen LogP contribution is -2.48. The summed E-state index contributed by atoms with van der Waals surface area (Å²) in [5.41, 5.74) is 7.06. The second-order valence-electron chi connectivity index (χ2n) is 4.73. The Labute approximate surface area is 123 Å². The lowest BCUT2D eigenvalue weighted by Gasteiger charge is -2.33. The zero-order chi connectivity index (χ0) is 14.5. The minimum atomic E-state index is -0.0256. The summed E-state index contributed by atoms with van der Waals surface area (Å²) >= 11 is 4.92.